The van der Waals surface area contributed by atoms with E-state index >= 15 is 0 Å². The molecule has 100 heavy (non-hydrogen) atoms. The van der Waals surface area contributed by atoms with Crippen molar-refractivity contribution in [1.29, 1.82) is 0 Å². The van der Waals surface area contributed by atoms with Gasteiger partial charge in [0.2, 0.25) is 0 Å². The van der Waals surface area contributed by atoms with E-state index in [2.05, 4.69) is 372 Å². The van der Waals surface area contributed by atoms with Gasteiger partial charge in [-0.2, -0.15) is 0 Å². The number of para-hydroxylation sites is 5. The Hall–Kier alpha value is -12.6. The van der Waals surface area contributed by atoms with Crippen molar-refractivity contribution in [3.05, 3.63) is 375 Å². The zero-order valence-corrected chi connectivity index (χ0v) is 56.2. The van der Waals surface area contributed by atoms with E-state index in [0.717, 1.165) is 50.8 Å². The highest BCUT2D eigenvalue weighted by atomic mass is 15.1. The van der Waals surface area contributed by atoms with Gasteiger partial charge < -0.3 is 18.9 Å². The predicted molar refractivity (Wildman–Crippen MR) is 418 cm³/mol. The molecule has 476 valence electrons. The smallest absolute Gasteiger partial charge is 0.0542 e. The van der Waals surface area contributed by atoms with E-state index in [1.165, 1.54) is 116 Å². The van der Waals surface area contributed by atoms with Gasteiger partial charge in [-0.3, -0.25) is 9.97 Å². The van der Waals surface area contributed by atoms with Crippen molar-refractivity contribution in [3.63, 3.8) is 0 Å². The van der Waals surface area contributed by atoms with Crippen molar-refractivity contribution in [1.82, 2.24) is 19.1 Å². The topological polar surface area (TPSA) is 42.1 Å². The Morgan fingerprint density at radius 3 is 1.21 bits per heavy atom. The lowest BCUT2D eigenvalue weighted by atomic mass is 9.81. The van der Waals surface area contributed by atoms with Crippen LogP contribution in [0.5, 0.6) is 0 Å². The highest BCUT2D eigenvalue weighted by Crippen LogP contribution is 2.54. The quantitative estimate of drug-likeness (QED) is 0.129. The van der Waals surface area contributed by atoms with Crippen LogP contribution in [-0.2, 0) is 10.8 Å². The number of nitrogens with zero attached hydrogens (tertiary/aromatic N) is 6. The Kier molecular flexibility index (Phi) is 14.5. The molecule has 0 amide bonds. The zero-order chi connectivity index (χ0) is 67.1. The van der Waals surface area contributed by atoms with Crippen LogP contribution in [0.4, 0.5) is 34.1 Å². The summed E-state index contributed by atoms with van der Waals surface area (Å²) < 4.78 is 4.74. The second kappa shape index (κ2) is 24.2. The van der Waals surface area contributed by atoms with Crippen molar-refractivity contribution in [2.24, 2.45) is 0 Å². The SMILES string of the molecule is CC1(C)c2cc(-c3cccnc3)ccc2-c2ccc(N(c3ccccc3)c3ccc4c(c3)c3ccccc3n4-c3ccccc3)cc21.CC1(C)c2ccccc2-c2ccc(N(c3ccc(-c4ccc5c(c4)c4ccccc4n5-c4ccccc4)cc3)c3cccc(-c4cccnc4)c3)cc21. The first kappa shape index (κ1) is 59.8. The lowest BCUT2D eigenvalue weighted by Gasteiger charge is -2.28. The van der Waals surface area contributed by atoms with Crippen LogP contribution in [0.3, 0.4) is 0 Å². The molecule has 0 saturated heterocycles. The summed E-state index contributed by atoms with van der Waals surface area (Å²) >= 11 is 0. The van der Waals surface area contributed by atoms with Gasteiger partial charge in [-0.1, -0.05) is 210 Å². The molecule has 0 saturated carbocycles. The van der Waals surface area contributed by atoms with Gasteiger partial charge in [-0.25, -0.2) is 0 Å². The van der Waals surface area contributed by atoms with Crippen molar-refractivity contribution in [2.45, 2.75) is 38.5 Å². The van der Waals surface area contributed by atoms with Gasteiger partial charge in [0.1, 0.15) is 0 Å². The molecule has 0 N–H and O–H groups in total. The van der Waals surface area contributed by atoms with Crippen LogP contribution in [0.15, 0.2) is 352 Å². The number of pyridine rings is 2. The van der Waals surface area contributed by atoms with Crippen molar-refractivity contribution < 1.29 is 0 Å². The van der Waals surface area contributed by atoms with Gasteiger partial charge in [0, 0.05) is 108 Å². The number of rotatable bonds is 11. The maximum atomic E-state index is 4.40. The molecule has 17 aromatic rings. The van der Waals surface area contributed by atoms with Gasteiger partial charge in [0.15, 0.2) is 0 Å². The molecule has 0 spiro atoms. The van der Waals surface area contributed by atoms with E-state index in [1.54, 1.807) is 0 Å². The molecule has 0 fully saturated rings. The number of hydrogen-bond donors (Lipinski definition) is 0. The van der Waals surface area contributed by atoms with Crippen molar-refractivity contribution in [3.8, 4) is 67.0 Å². The van der Waals surface area contributed by atoms with E-state index < -0.39 is 0 Å². The fourth-order valence-electron chi connectivity index (χ4n) is 16.0. The summed E-state index contributed by atoms with van der Waals surface area (Å²) in [7, 11) is 0. The van der Waals surface area contributed by atoms with E-state index in [-0.39, 0.29) is 10.8 Å². The van der Waals surface area contributed by atoms with Crippen LogP contribution in [-0.4, -0.2) is 19.1 Å². The Balaban J connectivity index is 0.000000145. The molecule has 0 atom stereocenters. The minimum atomic E-state index is -0.158. The van der Waals surface area contributed by atoms with Gasteiger partial charge in [-0.05, 0) is 218 Å². The van der Waals surface area contributed by atoms with Crippen LogP contribution in [0, 0.1) is 0 Å². The van der Waals surface area contributed by atoms with Gasteiger partial charge in [0.05, 0.1) is 22.1 Å². The fraction of sp³-hybridized carbons (Fsp3) is 0.0638. The average Bonchev–Trinajstić information content (AvgIpc) is 1.59. The molecule has 13 aromatic carbocycles. The number of aromatic nitrogens is 4. The van der Waals surface area contributed by atoms with E-state index in [9.17, 15) is 0 Å². The van der Waals surface area contributed by atoms with Crippen LogP contribution < -0.4 is 9.80 Å². The first-order valence-corrected chi connectivity index (χ1v) is 34.5. The highest BCUT2D eigenvalue weighted by molar-refractivity contribution is 6.12. The van der Waals surface area contributed by atoms with Crippen molar-refractivity contribution in [2.75, 3.05) is 9.80 Å². The second-order valence-corrected chi connectivity index (χ2v) is 27.4. The molecule has 19 rings (SSSR count). The predicted octanol–water partition coefficient (Wildman–Crippen LogP) is 24.9. The maximum Gasteiger partial charge on any atom is 0.0542 e. The third-order valence-corrected chi connectivity index (χ3v) is 20.9. The number of fused-ring (bicyclic) bond motifs is 12. The first-order chi connectivity index (χ1) is 49.1. The van der Waals surface area contributed by atoms with Crippen molar-refractivity contribution >= 4 is 77.7 Å². The molecule has 2 aliphatic carbocycles. The van der Waals surface area contributed by atoms with Gasteiger partial charge in [0.25, 0.3) is 0 Å². The molecule has 2 aliphatic rings. The van der Waals surface area contributed by atoms with Crippen LogP contribution in [0.2, 0.25) is 0 Å². The summed E-state index contributed by atoms with van der Waals surface area (Å²) in [5.74, 6) is 0. The molecule has 4 heterocycles. The summed E-state index contributed by atoms with van der Waals surface area (Å²) in [6.45, 7) is 9.40. The van der Waals surface area contributed by atoms with Crippen LogP contribution in [0.1, 0.15) is 49.9 Å². The third-order valence-electron chi connectivity index (χ3n) is 20.9. The molecule has 4 aromatic heterocycles. The molecular weight excluding hydrogens is 1210 g/mol. The normalized spacial score (nSPS) is 13.0. The lowest BCUT2D eigenvalue weighted by molar-refractivity contribution is 0.660. The highest BCUT2D eigenvalue weighted by Gasteiger charge is 2.38. The number of hydrogen-bond acceptors (Lipinski definition) is 4. The Labute approximate surface area is 583 Å². The zero-order valence-electron chi connectivity index (χ0n) is 56.2. The van der Waals surface area contributed by atoms with E-state index in [0.29, 0.717) is 0 Å². The Bertz CT molecular complexity index is 5950. The third kappa shape index (κ3) is 10.1. The molecule has 0 bridgehead atoms. The van der Waals surface area contributed by atoms with Gasteiger partial charge in [-0.15, -0.1) is 0 Å². The molecule has 0 unspecified atom stereocenters. The summed E-state index contributed by atoms with van der Waals surface area (Å²) in [5.41, 5.74) is 31.3. The number of benzene rings is 13. The van der Waals surface area contributed by atoms with Crippen LogP contribution in [0.25, 0.3) is 111 Å². The summed E-state index contributed by atoms with van der Waals surface area (Å²) in [4.78, 5) is 13.6. The molecular formula is C94H70N6. The minimum absolute atomic E-state index is 0.0999. The lowest BCUT2D eigenvalue weighted by Crippen LogP contribution is -2.16. The summed E-state index contributed by atoms with van der Waals surface area (Å²) in [6, 6.07) is 119. The monoisotopic (exact) mass is 1280 g/mol. The van der Waals surface area contributed by atoms with E-state index in [1.807, 2.05) is 36.9 Å². The maximum absolute atomic E-state index is 4.40. The van der Waals surface area contributed by atoms with Gasteiger partial charge >= 0.3 is 0 Å². The fourth-order valence-corrected chi connectivity index (χ4v) is 16.0. The number of anilines is 6. The van der Waals surface area contributed by atoms with Crippen LogP contribution >= 0.6 is 0 Å². The summed E-state index contributed by atoms with van der Waals surface area (Å²) in [5, 5.41) is 4.99. The molecule has 0 radical (unpaired) electrons. The molecule has 0 aliphatic heterocycles. The Morgan fingerprint density at radius 1 is 0.240 bits per heavy atom. The summed E-state index contributed by atoms with van der Waals surface area (Å²) in [6.07, 6.45) is 7.53. The average molecular weight is 1280 g/mol. The molecule has 6 heteroatoms. The standard InChI is InChI=1S/C50H37N3.C44H33N3/c1-50(2)46-19-8-6-17-42(46)43-27-26-41(32-47(43)50)52(40-16-10-12-35(30-40)37-13-11-29-51-33-37)39-24-21-34(22-25-39)36-23-28-49-45(31-36)44-18-7-9-20-48(44)53(49)38-14-4-3-5-15-38;1-44(2)40-26-30(31-12-11-25-45-29-31)19-22-36(40)37-23-20-35(28-41(37)44)46(32-13-5-3-6-14-32)34-21-24-43-39(27-34)38-17-9-10-18-42(38)47(43)33-15-7-4-8-16-33/h3-33H,1-2H3;3-29H,1-2H3. The second-order valence-electron chi connectivity index (χ2n) is 27.4. The molecule has 6 nitrogen and oxygen atoms in total. The minimum Gasteiger partial charge on any atom is -0.310 e. The largest absolute Gasteiger partial charge is 0.310 e. The van der Waals surface area contributed by atoms with E-state index in [4.69, 9.17) is 0 Å². The Morgan fingerprint density at radius 2 is 0.620 bits per heavy atom. The first-order valence-electron chi connectivity index (χ1n) is 34.5.